The number of alkyl halides is 6. The Labute approximate surface area is 440 Å². The van der Waals surface area contributed by atoms with E-state index in [0.717, 1.165) is 0 Å². The van der Waals surface area contributed by atoms with E-state index in [2.05, 4.69) is 52.1 Å². The molecule has 400 valence electrons. The molecule has 0 aliphatic rings. The van der Waals surface area contributed by atoms with Crippen molar-refractivity contribution < 1.29 is 107 Å². The third-order valence-electron chi connectivity index (χ3n) is 7.75. The van der Waals surface area contributed by atoms with Crippen molar-refractivity contribution in [1.29, 1.82) is 0 Å². The minimum absolute atomic E-state index is 0. The monoisotopic (exact) mass is 1160 g/mol. The zero-order chi connectivity index (χ0) is 53.2. The van der Waals surface area contributed by atoms with Crippen molar-refractivity contribution in [3.05, 3.63) is 203 Å². The number of benzene rings is 4. The molecule has 76 heavy (non-hydrogen) atoms. The van der Waals surface area contributed by atoms with E-state index in [4.69, 9.17) is 25.9 Å². The predicted octanol–water partition coefficient (Wildman–Crippen LogP) is 2.65. The molecule has 0 unspecified atom stereocenters. The minimum Gasteiger partial charge on any atom is -0.741 e. The molecule has 0 spiro atoms. The maximum atomic E-state index is 11.9. The van der Waals surface area contributed by atoms with Crippen LogP contribution in [0.3, 0.4) is 0 Å². The van der Waals surface area contributed by atoms with Crippen LogP contribution in [0, 0.1) is 0 Å². The number of halogens is 6. The molecule has 4 amide bonds. The van der Waals surface area contributed by atoms with Gasteiger partial charge in [-0.3, -0.25) is 19.2 Å². The van der Waals surface area contributed by atoms with Gasteiger partial charge in [0, 0.05) is 22.3 Å². The van der Waals surface area contributed by atoms with E-state index in [1.165, 1.54) is 24.9 Å². The second-order valence-electron chi connectivity index (χ2n) is 13.0. The molecule has 0 radical (unpaired) electrons. The standard InChI is InChI=1S/2C21H17N5O2.2CHF3O3S.3H2O.Zn/c2*27-20(16-8-3-1-4-9-16)25-22-14-18-12-7-13-19(24-18)15-23-26-21(28)17-10-5-2-6-11-17;2*2-1(3,4)8(5,6)7;;;;/h2*1-15H,(H,25,27)(H,26,28);2*(H,5,6,7);3*1H2;/q;;;;;;;+2/b22-14+,23-15+;22-14-,23-15+;;;;;;. The zero-order valence-corrected chi connectivity index (χ0v) is 43.1. The molecule has 0 bridgehead atoms. The summed E-state index contributed by atoms with van der Waals surface area (Å²) in [7, 11) is -12.2. The van der Waals surface area contributed by atoms with Crippen molar-refractivity contribution in [3.8, 4) is 0 Å². The van der Waals surface area contributed by atoms with Gasteiger partial charge >= 0.3 is 30.5 Å². The molecule has 2 aromatic heterocycles. The van der Waals surface area contributed by atoms with Crippen LogP contribution in [0.1, 0.15) is 64.2 Å². The summed E-state index contributed by atoms with van der Waals surface area (Å²) in [6, 6.07) is 45.6. The Morgan fingerprint density at radius 2 is 0.566 bits per heavy atom. The number of amides is 4. The molecule has 0 atom stereocenters. The average molecular weight is 1160 g/mol. The summed E-state index contributed by atoms with van der Waals surface area (Å²) in [6.07, 6.45) is 5.73. The summed E-state index contributed by atoms with van der Waals surface area (Å²) in [5.74, 6) is -1.23. The molecule has 32 heteroatoms. The van der Waals surface area contributed by atoms with Crippen molar-refractivity contribution in [1.82, 2.24) is 31.7 Å². The van der Waals surface area contributed by atoms with E-state index in [0.29, 0.717) is 45.0 Å². The number of pyridine rings is 2. The van der Waals surface area contributed by atoms with Crippen molar-refractivity contribution in [2.45, 2.75) is 11.0 Å². The molecule has 4 aromatic carbocycles. The van der Waals surface area contributed by atoms with Gasteiger partial charge in [-0.2, -0.15) is 46.7 Å². The summed E-state index contributed by atoms with van der Waals surface area (Å²) in [5.41, 5.74) is 2.68. The van der Waals surface area contributed by atoms with Crippen molar-refractivity contribution in [2.24, 2.45) is 20.4 Å². The molecule has 0 saturated heterocycles. The van der Waals surface area contributed by atoms with Gasteiger partial charge < -0.3 is 25.5 Å². The third-order valence-corrected chi connectivity index (χ3v) is 8.88. The number of hydrogen-bond acceptors (Lipinski definition) is 16. The van der Waals surface area contributed by atoms with Gasteiger partial charge in [0.15, 0.2) is 20.2 Å². The summed E-state index contributed by atoms with van der Waals surface area (Å²) in [5, 5.41) is 15.6. The van der Waals surface area contributed by atoms with Crippen molar-refractivity contribution in [2.75, 3.05) is 0 Å². The molecule has 0 saturated carbocycles. The number of nitrogens with zero attached hydrogens (tertiary/aromatic N) is 6. The first kappa shape index (κ1) is 69.7. The number of carbonyl (C=O) groups is 4. The minimum atomic E-state index is -6.09. The van der Waals surface area contributed by atoms with Crippen LogP contribution < -0.4 is 21.7 Å². The third kappa shape index (κ3) is 26.6. The van der Waals surface area contributed by atoms with Gasteiger partial charge in [0.05, 0.1) is 47.6 Å². The van der Waals surface area contributed by atoms with Gasteiger partial charge in [0.25, 0.3) is 23.6 Å². The Kier molecular flexibility index (Phi) is 31.4. The Balaban J connectivity index is 0. The van der Waals surface area contributed by atoms with Gasteiger partial charge in [-0.25, -0.2) is 48.5 Å². The quantitative estimate of drug-likeness (QED) is 0.0261. The van der Waals surface area contributed by atoms with Crippen LogP contribution in [0.15, 0.2) is 178 Å². The number of rotatable bonds is 12. The van der Waals surface area contributed by atoms with Crippen molar-refractivity contribution in [3.63, 3.8) is 0 Å². The molecule has 12 N–H and O–H groups in total. The zero-order valence-electron chi connectivity index (χ0n) is 38.5. The Morgan fingerprint density at radius 3 is 0.724 bits per heavy atom. The van der Waals surface area contributed by atoms with E-state index in [9.17, 15) is 45.5 Å². The average Bonchev–Trinajstić information content (AvgIpc) is 3.34. The molecular weight excluding hydrogens is 1120 g/mol. The topological polar surface area (TPSA) is 404 Å². The predicted molar refractivity (Wildman–Crippen MR) is 259 cm³/mol. The second-order valence-corrected chi connectivity index (χ2v) is 15.8. The Morgan fingerprint density at radius 1 is 0.395 bits per heavy atom. The number of nitrogens with one attached hydrogen (secondary N) is 4. The van der Waals surface area contributed by atoms with E-state index >= 15 is 0 Å². The SMILES string of the molecule is O.O=C(N/N=C/c1cccc(/C=N/NC(=O)c2ccccc2)n1)c1ccccc1.O=C(N/N=C\c1cccc(/C=N/NC(=O)c2ccccc2)n1)c1ccccc1.O=S(=O)([O-])C(F)(F)F.O=S(=O)([O-])C(F)(F)F.[OH3+].[OH3+].[Zn+2]. The van der Waals surface area contributed by atoms with Crippen LogP contribution in [0.4, 0.5) is 26.3 Å². The molecule has 6 rings (SSSR count). The molecule has 2 heterocycles. The van der Waals surface area contributed by atoms with E-state index in [-0.39, 0.29) is 59.5 Å². The fourth-order valence-corrected chi connectivity index (χ4v) is 4.47. The molecular formula is C44H42F6N10O13S2Zn+2. The molecule has 23 nitrogen and oxygen atoms in total. The van der Waals surface area contributed by atoms with Crippen molar-refractivity contribution >= 4 is 68.7 Å². The molecule has 0 fully saturated rings. The maximum absolute atomic E-state index is 11.9. The number of aromatic nitrogens is 2. The van der Waals surface area contributed by atoms with E-state index in [1.807, 2.05) is 24.3 Å². The van der Waals surface area contributed by atoms with Gasteiger partial charge in [-0.15, -0.1) is 0 Å². The van der Waals surface area contributed by atoms with Gasteiger partial charge in [-0.1, -0.05) is 84.9 Å². The number of carbonyl (C=O) groups excluding carboxylic acids is 4. The smallest absolute Gasteiger partial charge is 0.741 e. The fraction of sp³-hybridized carbons (Fsp3) is 0.0455. The number of hydrazone groups is 4. The first-order valence-corrected chi connectivity index (χ1v) is 22.3. The summed E-state index contributed by atoms with van der Waals surface area (Å²) >= 11 is 0. The molecule has 0 aliphatic heterocycles. The number of hydrogen-bond donors (Lipinski definition) is 4. The summed E-state index contributed by atoms with van der Waals surface area (Å²) < 4.78 is 118. The molecule has 6 aromatic rings. The molecule has 0 aliphatic carbocycles. The first-order valence-electron chi connectivity index (χ1n) is 19.5. The second kappa shape index (κ2) is 34.2. The van der Waals surface area contributed by atoms with Crippen LogP contribution in [-0.4, -0.2) is 101 Å². The largest absolute Gasteiger partial charge is 2.00 e. The van der Waals surface area contributed by atoms with Crippen LogP contribution >= 0.6 is 0 Å². The van der Waals surface area contributed by atoms with E-state index < -0.39 is 31.3 Å². The van der Waals surface area contributed by atoms with Crippen LogP contribution in [-0.2, 0) is 50.7 Å². The van der Waals surface area contributed by atoms with Gasteiger partial charge in [0.2, 0.25) is 0 Å². The maximum Gasteiger partial charge on any atom is 2.00 e. The summed E-state index contributed by atoms with van der Waals surface area (Å²) in [6.45, 7) is 0. The normalized spacial score (nSPS) is 10.9. The van der Waals surface area contributed by atoms with Crippen LogP contribution in [0.25, 0.3) is 0 Å². The van der Waals surface area contributed by atoms with E-state index in [1.54, 1.807) is 133 Å². The first-order chi connectivity index (χ1) is 33.9. The summed E-state index contributed by atoms with van der Waals surface area (Å²) in [4.78, 5) is 56.3. The Bertz CT molecular complexity index is 2730. The fourth-order valence-electron chi connectivity index (χ4n) is 4.47. The van der Waals surface area contributed by atoms with Gasteiger partial charge in [0.1, 0.15) is 0 Å². The van der Waals surface area contributed by atoms with Gasteiger partial charge in [-0.05, 0) is 72.8 Å². The Hall–Kier alpha value is -8.36. The van der Waals surface area contributed by atoms with Crippen LogP contribution in [0.2, 0.25) is 0 Å². The van der Waals surface area contributed by atoms with Crippen LogP contribution in [0.5, 0.6) is 0 Å².